The molecule has 0 aromatic heterocycles. The topological polar surface area (TPSA) is 29.4 Å². The first-order chi connectivity index (χ1) is 5.50. The molecule has 0 amide bonds. The van der Waals surface area contributed by atoms with Crippen molar-refractivity contribution in [2.24, 2.45) is 4.40 Å². The van der Waals surface area contributed by atoms with Crippen LogP contribution < -0.4 is 0 Å². The van der Waals surface area contributed by atoms with Gasteiger partial charge in [0.1, 0.15) is 11.0 Å². The molecule has 12 heavy (non-hydrogen) atoms. The highest BCUT2D eigenvalue weighted by Gasteiger charge is 2.20. The Morgan fingerprint density at radius 1 is 1.25 bits per heavy atom. The summed E-state index contributed by atoms with van der Waals surface area (Å²) in [6, 6.07) is 0. The van der Waals surface area contributed by atoms with E-state index >= 15 is 0 Å². The zero-order chi connectivity index (χ0) is 9.19. The van der Waals surface area contributed by atoms with Crippen LogP contribution in [-0.4, -0.2) is 14.7 Å². The van der Waals surface area contributed by atoms with E-state index in [1.807, 2.05) is 20.8 Å². The summed E-state index contributed by atoms with van der Waals surface area (Å²) in [5, 5.41) is 0. The standard InChI is InChI=1S/C9H17NOS/c1-9(2,3)12(11)10-8-6-4-5-7-8/h4-7H2,1-3H3/t12-/m1/s1. The van der Waals surface area contributed by atoms with Gasteiger partial charge < -0.3 is 0 Å². The number of nitrogens with zero attached hydrogens (tertiary/aromatic N) is 1. The second-order valence-corrected chi connectivity index (χ2v) is 6.13. The Morgan fingerprint density at radius 2 is 1.75 bits per heavy atom. The predicted octanol–water partition coefficient (Wildman–Crippen LogP) is 2.46. The van der Waals surface area contributed by atoms with Crippen LogP contribution >= 0.6 is 0 Å². The molecule has 0 saturated heterocycles. The lowest BCUT2D eigenvalue weighted by molar-refractivity contribution is 0.650. The Bertz CT molecular complexity index is 207. The van der Waals surface area contributed by atoms with Crippen molar-refractivity contribution < 1.29 is 4.21 Å². The van der Waals surface area contributed by atoms with E-state index in [0.717, 1.165) is 18.6 Å². The van der Waals surface area contributed by atoms with Gasteiger partial charge in [-0.15, -0.1) is 0 Å². The highest BCUT2D eigenvalue weighted by molar-refractivity contribution is 7.85. The molecule has 3 heteroatoms. The van der Waals surface area contributed by atoms with E-state index in [4.69, 9.17) is 0 Å². The highest BCUT2D eigenvalue weighted by atomic mass is 32.2. The maximum atomic E-state index is 11.5. The Balaban J connectivity index is 2.60. The minimum atomic E-state index is -1.04. The van der Waals surface area contributed by atoms with Gasteiger partial charge in [-0.05, 0) is 46.5 Å². The molecule has 0 heterocycles. The van der Waals surface area contributed by atoms with E-state index < -0.39 is 11.0 Å². The van der Waals surface area contributed by atoms with Gasteiger partial charge in [0.05, 0.1) is 4.75 Å². The van der Waals surface area contributed by atoms with Crippen LogP contribution in [0.3, 0.4) is 0 Å². The van der Waals surface area contributed by atoms with Gasteiger partial charge in [0.2, 0.25) is 0 Å². The molecule has 0 spiro atoms. The summed E-state index contributed by atoms with van der Waals surface area (Å²) in [6.45, 7) is 5.88. The molecule has 1 saturated carbocycles. The fourth-order valence-corrected chi connectivity index (χ4v) is 1.82. The van der Waals surface area contributed by atoms with Gasteiger partial charge in [-0.25, -0.2) is 4.21 Å². The average molecular weight is 187 g/mol. The van der Waals surface area contributed by atoms with Crippen molar-refractivity contribution in [2.75, 3.05) is 0 Å². The fourth-order valence-electron chi connectivity index (χ4n) is 1.13. The Morgan fingerprint density at radius 3 is 2.17 bits per heavy atom. The molecule has 0 unspecified atom stereocenters. The van der Waals surface area contributed by atoms with Gasteiger partial charge in [-0.3, -0.25) is 0 Å². The molecule has 0 aliphatic heterocycles. The molecule has 1 rings (SSSR count). The summed E-state index contributed by atoms with van der Waals surface area (Å²) >= 11 is 0. The third-order valence-corrected chi connectivity index (χ3v) is 3.39. The molecule has 1 aliphatic carbocycles. The number of hydrogen-bond acceptors (Lipinski definition) is 1. The summed E-state index contributed by atoms with van der Waals surface area (Å²) in [4.78, 5) is 0. The lowest BCUT2D eigenvalue weighted by Crippen LogP contribution is -2.20. The van der Waals surface area contributed by atoms with Gasteiger partial charge in [0, 0.05) is 5.71 Å². The van der Waals surface area contributed by atoms with Crippen molar-refractivity contribution in [3.63, 3.8) is 0 Å². The van der Waals surface area contributed by atoms with E-state index in [1.165, 1.54) is 12.8 Å². The highest BCUT2D eigenvalue weighted by Crippen LogP contribution is 2.19. The van der Waals surface area contributed by atoms with Gasteiger partial charge in [-0.2, -0.15) is 4.40 Å². The van der Waals surface area contributed by atoms with E-state index in [0.29, 0.717) is 0 Å². The van der Waals surface area contributed by atoms with Crippen molar-refractivity contribution in [3.8, 4) is 0 Å². The number of rotatable bonds is 1. The second-order valence-electron chi connectivity index (χ2n) is 4.23. The quantitative estimate of drug-likeness (QED) is 0.620. The first-order valence-corrected chi connectivity index (χ1v) is 5.59. The number of hydrogen-bond donors (Lipinski definition) is 0. The second kappa shape index (κ2) is 3.69. The van der Waals surface area contributed by atoms with Gasteiger partial charge >= 0.3 is 0 Å². The normalized spacial score (nSPS) is 21.1. The Hall–Kier alpha value is -0.180. The Kier molecular flexibility index (Phi) is 3.04. The summed E-state index contributed by atoms with van der Waals surface area (Å²) in [7, 11) is -1.04. The molecule has 0 bridgehead atoms. The van der Waals surface area contributed by atoms with Crippen molar-refractivity contribution in [1.82, 2.24) is 0 Å². The van der Waals surface area contributed by atoms with Crippen LogP contribution in [0.1, 0.15) is 46.5 Å². The average Bonchev–Trinajstić information content (AvgIpc) is 2.37. The van der Waals surface area contributed by atoms with Crippen molar-refractivity contribution in [3.05, 3.63) is 0 Å². The smallest absolute Gasteiger partial charge is 0.144 e. The van der Waals surface area contributed by atoms with Crippen LogP contribution in [0.5, 0.6) is 0 Å². The van der Waals surface area contributed by atoms with E-state index in [1.54, 1.807) is 0 Å². The molecule has 1 fully saturated rings. The molecule has 0 aromatic rings. The lowest BCUT2D eigenvalue weighted by atomic mass is 10.3. The van der Waals surface area contributed by atoms with Crippen LogP contribution in [0.4, 0.5) is 0 Å². The molecule has 2 nitrogen and oxygen atoms in total. The minimum Gasteiger partial charge on any atom is -0.234 e. The third kappa shape index (κ3) is 2.70. The zero-order valence-corrected chi connectivity index (χ0v) is 8.91. The van der Waals surface area contributed by atoms with Crippen molar-refractivity contribution >= 4 is 16.7 Å². The third-order valence-electron chi connectivity index (χ3n) is 1.92. The van der Waals surface area contributed by atoms with Crippen LogP contribution in [0, 0.1) is 0 Å². The predicted molar refractivity (Wildman–Crippen MR) is 53.8 cm³/mol. The van der Waals surface area contributed by atoms with Gasteiger partial charge in [0.15, 0.2) is 0 Å². The van der Waals surface area contributed by atoms with Crippen LogP contribution in [-0.2, 0) is 11.0 Å². The van der Waals surface area contributed by atoms with E-state index in [9.17, 15) is 4.21 Å². The summed E-state index contributed by atoms with van der Waals surface area (Å²) in [5.41, 5.74) is 1.16. The van der Waals surface area contributed by atoms with E-state index in [2.05, 4.69) is 4.40 Å². The lowest BCUT2D eigenvalue weighted by Gasteiger charge is -2.13. The summed E-state index contributed by atoms with van der Waals surface area (Å²) in [5.74, 6) is 0. The fraction of sp³-hybridized carbons (Fsp3) is 0.889. The molecular weight excluding hydrogens is 170 g/mol. The van der Waals surface area contributed by atoms with Gasteiger partial charge in [-0.1, -0.05) is 0 Å². The maximum Gasteiger partial charge on any atom is 0.144 e. The van der Waals surface area contributed by atoms with Crippen molar-refractivity contribution in [2.45, 2.75) is 51.2 Å². The van der Waals surface area contributed by atoms with E-state index in [-0.39, 0.29) is 4.75 Å². The molecule has 0 N–H and O–H groups in total. The first kappa shape index (κ1) is 9.90. The molecule has 0 radical (unpaired) electrons. The summed E-state index contributed by atoms with van der Waals surface area (Å²) < 4.78 is 15.6. The summed E-state index contributed by atoms with van der Waals surface area (Å²) in [6.07, 6.45) is 4.56. The monoisotopic (exact) mass is 187 g/mol. The van der Waals surface area contributed by atoms with Crippen LogP contribution in [0.2, 0.25) is 0 Å². The first-order valence-electron chi connectivity index (χ1n) is 4.48. The maximum absolute atomic E-state index is 11.5. The SMILES string of the molecule is CC(C)(C)[S@@](=O)N=C1CCCC1. The van der Waals surface area contributed by atoms with Crippen LogP contribution in [0.25, 0.3) is 0 Å². The molecule has 70 valence electrons. The van der Waals surface area contributed by atoms with Crippen LogP contribution in [0.15, 0.2) is 4.40 Å². The molecule has 0 aromatic carbocycles. The van der Waals surface area contributed by atoms with Crippen molar-refractivity contribution in [1.29, 1.82) is 0 Å². The molecular formula is C9H17NOS. The minimum absolute atomic E-state index is 0.199. The largest absolute Gasteiger partial charge is 0.234 e. The Labute approximate surface area is 77.1 Å². The molecule has 1 atom stereocenters. The molecule has 1 aliphatic rings. The zero-order valence-electron chi connectivity index (χ0n) is 8.09. The van der Waals surface area contributed by atoms with Gasteiger partial charge in [0.25, 0.3) is 0 Å².